The van der Waals surface area contributed by atoms with E-state index >= 15 is 0 Å². The molecule has 20 heavy (non-hydrogen) atoms. The van der Waals surface area contributed by atoms with Crippen molar-refractivity contribution in [3.8, 4) is 6.07 Å². The standard InChI is InChI=1S/C16H21N3S/c17-12-16(19-14-3-4-14)8-1-2-13(16)7-11-20-15-5-9-18-10-6-15/h5-6,9-10,13-14,19H,1-4,7-8,11H2. The van der Waals surface area contributed by atoms with Gasteiger partial charge in [-0.15, -0.1) is 11.8 Å². The molecule has 0 bridgehead atoms. The highest BCUT2D eigenvalue weighted by molar-refractivity contribution is 7.99. The average molecular weight is 287 g/mol. The van der Waals surface area contributed by atoms with Gasteiger partial charge in [-0.25, -0.2) is 0 Å². The zero-order valence-electron chi connectivity index (χ0n) is 11.7. The highest BCUT2D eigenvalue weighted by Gasteiger charge is 2.45. The van der Waals surface area contributed by atoms with Gasteiger partial charge in [0.2, 0.25) is 0 Å². The monoisotopic (exact) mass is 287 g/mol. The van der Waals surface area contributed by atoms with Crippen molar-refractivity contribution in [1.29, 1.82) is 5.26 Å². The zero-order chi connectivity index (χ0) is 13.8. The third-order valence-electron chi connectivity index (χ3n) is 4.44. The van der Waals surface area contributed by atoms with Gasteiger partial charge in [0, 0.05) is 23.3 Å². The predicted octanol–water partition coefficient (Wildman–Crippen LogP) is 3.38. The number of nitriles is 1. The Balaban J connectivity index is 1.54. The van der Waals surface area contributed by atoms with Crippen LogP contribution in [-0.4, -0.2) is 22.3 Å². The lowest BCUT2D eigenvalue weighted by atomic mass is 9.86. The Morgan fingerprint density at radius 1 is 1.35 bits per heavy atom. The normalized spacial score (nSPS) is 29.2. The summed E-state index contributed by atoms with van der Waals surface area (Å²) in [6, 6.07) is 7.34. The largest absolute Gasteiger partial charge is 0.296 e. The molecule has 0 saturated heterocycles. The van der Waals surface area contributed by atoms with E-state index in [1.165, 1.54) is 30.6 Å². The molecule has 1 aromatic heterocycles. The van der Waals surface area contributed by atoms with Gasteiger partial charge in [-0.3, -0.25) is 10.3 Å². The molecule has 2 atom stereocenters. The lowest BCUT2D eigenvalue weighted by molar-refractivity contribution is 0.308. The molecule has 2 aliphatic rings. The summed E-state index contributed by atoms with van der Waals surface area (Å²) in [6.45, 7) is 0. The molecule has 2 fully saturated rings. The van der Waals surface area contributed by atoms with Crippen LogP contribution in [0.15, 0.2) is 29.4 Å². The summed E-state index contributed by atoms with van der Waals surface area (Å²) in [5.74, 6) is 1.60. The van der Waals surface area contributed by atoms with E-state index in [4.69, 9.17) is 0 Å². The Morgan fingerprint density at radius 3 is 2.85 bits per heavy atom. The van der Waals surface area contributed by atoms with Crippen molar-refractivity contribution < 1.29 is 0 Å². The van der Waals surface area contributed by atoms with Crippen molar-refractivity contribution in [2.24, 2.45) is 5.92 Å². The fraction of sp³-hybridized carbons (Fsp3) is 0.625. The van der Waals surface area contributed by atoms with Crippen molar-refractivity contribution in [3.05, 3.63) is 24.5 Å². The first-order valence-electron chi connectivity index (χ1n) is 7.54. The molecule has 1 aromatic rings. The Hall–Kier alpha value is -1.05. The fourth-order valence-corrected chi connectivity index (χ4v) is 4.14. The van der Waals surface area contributed by atoms with Gasteiger partial charge in [-0.1, -0.05) is 6.42 Å². The second-order valence-corrected chi connectivity index (χ2v) is 7.08. The lowest BCUT2D eigenvalue weighted by Crippen LogP contribution is -2.48. The summed E-state index contributed by atoms with van der Waals surface area (Å²) in [6.07, 6.45) is 10.7. The molecular weight excluding hydrogens is 266 g/mol. The van der Waals surface area contributed by atoms with E-state index in [1.54, 1.807) is 0 Å². The van der Waals surface area contributed by atoms with Gasteiger partial charge in [0.05, 0.1) is 6.07 Å². The van der Waals surface area contributed by atoms with Crippen LogP contribution < -0.4 is 5.32 Å². The summed E-state index contributed by atoms with van der Waals surface area (Å²) >= 11 is 1.88. The maximum atomic E-state index is 9.65. The lowest BCUT2D eigenvalue weighted by Gasteiger charge is -2.30. The highest BCUT2D eigenvalue weighted by Crippen LogP contribution is 2.40. The molecule has 1 N–H and O–H groups in total. The van der Waals surface area contributed by atoms with Crippen LogP contribution in [0.25, 0.3) is 0 Å². The number of thioether (sulfide) groups is 1. The number of aromatic nitrogens is 1. The minimum Gasteiger partial charge on any atom is -0.296 e. The van der Waals surface area contributed by atoms with Crippen LogP contribution in [0.4, 0.5) is 0 Å². The summed E-state index contributed by atoms with van der Waals surface area (Å²) in [4.78, 5) is 5.31. The Morgan fingerprint density at radius 2 is 2.15 bits per heavy atom. The summed E-state index contributed by atoms with van der Waals surface area (Å²) in [5, 5.41) is 13.3. The molecule has 0 aromatic carbocycles. The molecule has 4 heteroatoms. The second-order valence-electron chi connectivity index (χ2n) is 5.91. The van der Waals surface area contributed by atoms with Crippen LogP contribution in [0.2, 0.25) is 0 Å². The van der Waals surface area contributed by atoms with Crippen LogP contribution in [0.1, 0.15) is 38.5 Å². The van der Waals surface area contributed by atoms with Gasteiger partial charge in [0.15, 0.2) is 0 Å². The molecule has 0 aliphatic heterocycles. The Bertz CT molecular complexity index is 480. The van der Waals surface area contributed by atoms with Crippen LogP contribution >= 0.6 is 11.8 Å². The van der Waals surface area contributed by atoms with Crippen molar-refractivity contribution in [3.63, 3.8) is 0 Å². The minimum absolute atomic E-state index is 0.236. The predicted molar refractivity (Wildman–Crippen MR) is 81.4 cm³/mol. The first-order valence-corrected chi connectivity index (χ1v) is 8.53. The molecule has 0 amide bonds. The third-order valence-corrected chi connectivity index (χ3v) is 5.49. The quantitative estimate of drug-likeness (QED) is 0.815. The number of hydrogen-bond acceptors (Lipinski definition) is 4. The molecule has 1 heterocycles. The zero-order valence-corrected chi connectivity index (χ0v) is 12.5. The van der Waals surface area contributed by atoms with E-state index in [2.05, 4.69) is 28.5 Å². The maximum Gasteiger partial charge on any atom is 0.109 e. The molecule has 2 unspecified atom stereocenters. The van der Waals surface area contributed by atoms with E-state index in [9.17, 15) is 5.26 Å². The van der Waals surface area contributed by atoms with Gasteiger partial charge < -0.3 is 0 Å². The van der Waals surface area contributed by atoms with Gasteiger partial charge >= 0.3 is 0 Å². The first kappa shape index (κ1) is 13.9. The summed E-state index contributed by atoms with van der Waals surface area (Å²) in [7, 11) is 0. The van der Waals surface area contributed by atoms with Crippen LogP contribution in [0.5, 0.6) is 0 Å². The van der Waals surface area contributed by atoms with Gasteiger partial charge in [0.25, 0.3) is 0 Å². The van der Waals surface area contributed by atoms with E-state index < -0.39 is 0 Å². The van der Waals surface area contributed by atoms with E-state index in [0.29, 0.717) is 12.0 Å². The van der Waals surface area contributed by atoms with Gasteiger partial charge in [-0.05, 0) is 55.9 Å². The van der Waals surface area contributed by atoms with E-state index in [0.717, 1.165) is 18.6 Å². The number of hydrogen-bond donors (Lipinski definition) is 1. The maximum absolute atomic E-state index is 9.65. The fourth-order valence-electron chi connectivity index (χ4n) is 3.18. The molecule has 0 radical (unpaired) electrons. The highest BCUT2D eigenvalue weighted by atomic mass is 32.2. The molecule has 106 valence electrons. The molecule has 3 nitrogen and oxygen atoms in total. The van der Waals surface area contributed by atoms with Crippen molar-refractivity contribution in [2.45, 2.75) is 55.0 Å². The van der Waals surface area contributed by atoms with Crippen molar-refractivity contribution in [2.75, 3.05) is 5.75 Å². The minimum atomic E-state index is -0.236. The first-order chi connectivity index (χ1) is 9.82. The molecular formula is C16H21N3S. The van der Waals surface area contributed by atoms with E-state index in [-0.39, 0.29) is 5.54 Å². The van der Waals surface area contributed by atoms with Crippen molar-refractivity contribution in [1.82, 2.24) is 10.3 Å². The molecule has 3 rings (SSSR count). The number of nitrogens with zero attached hydrogens (tertiary/aromatic N) is 2. The molecule has 2 aliphatic carbocycles. The Labute approximate surface area is 125 Å². The average Bonchev–Trinajstić information content (AvgIpc) is 3.21. The topological polar surface area (TPSA) is 48.7 Å². The van der Waals surface area contributed by atoms with Crippen LogP contribution in [-0.2, 0) is 0 Å². The summed E-state index contributed by atoms with van der Waals surface area (Å²) < 4.78 is 0. The number of pyridine rings is 1. The third kappa shape index (κ3) is 3.16. The smallest absolute Gasteiger partial charge is 0.109 e. The van der Waals surface area contributed by atoms with Crippen molar-refractivity contribution >= 4 is 11.8 Å². The summed E-state index contributed by atoms with van der Waals surface area (Å²) in [5.41, 5.74) is -0.236. The number of rotatable bonds is 6. The second kappa shape index (κ2) is 6.15. The Kier molecular flexibility index (Phi) is 4.28. The van der Waals surface area contributed by atoms with E-state index in [1.807, 2.05) is 24.2 Å². The van der Waals surface area contributed by atoms with Crippen LogP contribution in [0, 0.1) is 17.2 Å². The van der Waals surface area contributed by atoms with Crippen LogP contribution in [0.3, 0.4) is 0 Å². The molecule has 2 saturated carbocycles. The molecule has 0 spiro atoms. The van der Waals surface area contributed by atoms with Gasteiger partial charge in [-0.2, -0.15) is 5.26 Å². The number of nitrogens with one attached hydrogen (secondary N) is 1. The van der Waals surface area contributed by atoms with Gasteiger partial charge in [0.1, 0.15) is 5.54 Å². The SMILES string of the molecule is N#CC1(NC2CC2)CCCC1CCSc1ccncc1.